The summed E-state index contributed by atoms with van der Waals surface area (Å²) < 4.78 is 0. The smallest absolute Gasteiger partial charge is 0.326 e. The summed E-state index contributed by atoms with van der Waals surface area (Å²) in [5, 5.41) is 29.0. The molecule has 0 radical (unpaired) electrons. The number of nitrogens with two attached hydrogens (primary N) is 2. The summed E-state index contributed by atoms with van der Waals surface area (Å²) >= 11 is 1.65. The van der Waals surface area contributed by atoms with Gasteiger partial charge in [0.25, 0.3) is 0 Å². The Balaban J connectivity index is 0.000000581. The Morgan fingerprint density at radius 1 is 0.839 bits per heavy atom. The molecule has 0 aliphatic rings. The van der Waals surface area contributed by atoms with E-state index in [1.165, 1.54) is 21.6 Å². The van der Waals surface area contributed by atoms with Crippen molar-refractivity contribution in [1.29, 1.82) is 0 Å². The SMILES string of the molecule is CSCC[C@H](Nc1ccccc1)C(=O)O.NC(CCSSCC[C@H](N)C(=O)O)C(=O)O. The van der Waals surface area contributed by atoms with Crippen molar-refractivity contribution in [3.63, 3.8) is 0 Å². The molecule has 0 aliphatic carbocycles. The zero-order valence-corrected chi connectivity index (χ0v) is 19.8. The van der Waals surface area contributed by atoms with E-state index in [2.05, 4.69) is 5.32 Å². The molecule has 0 aliphatic heterocycles. The Kier molecular flexibility index (Phi) is 17.1. The van der Waals surface area contributed by atoms with E-state index < -0.39 is 36.0 Å². The van der Waals surface area contributed by atoms with Crippen LogP contribution in [0.25, 0.3) is 0 Å². The minimum absolute atomic E-state index is 0.401. The van der Waals surface area contributed by atoms with Crippen molar-refractivity contribution in [1.82, 2.24) is 0 Å². The molecular weight excluding hydrogens is 462 g/mol. The van der Waals surface area contributed by atoms with Crippen molar-refractivity contribution >= 4 is 56.9 Å². The number of para-hydroxylation sites is 1. The van der Waals surface area contributed by atoms with Gasteiger partial charge in [-0.15, -0.1) is 0 Å². The molecule has 3 atom stereocenters. The van der Waals surface area contributed by atoms with Gasteiger partial charge in [-0.2, -0.15) is 11.8 Å². The first-order valence-electron chi connectivity index (χ1n) is 9.43. The van der Waals surface area contributed by atoms with Gasteiger partial charge in [0.1, 0.15) is 18.1 Å². The van der Waals surface area contributed by atoms with Crippen LogP contribution in [0.3, 0.4) is 0 Å². The van der Waals surface area contributed by atoms with Crippen LogP contribution >= 0.6 is 33.3 Å². The molecule has 31 heavy (non-hydrogen) atoms. The van der Waals surface area contributed by atoms with Crippen LogP contribution in [0.15, 0.2) is 30.3 Å². The van der Waals surface area contributed by atoms with Crippen molar-refractivity contribution in [2.45, 2.75) is 37.4 Å². The van der Waals surface area contributed by atoms with Gasteiger partial charge in [0.05, 0.1) is 0 Å². The van der Waals surface area contributed by atoms with Crippen LogP contribution in [0.2, 0.25) is 0 Å². The predicted octanol–water partition coefficient (Wildman–Crippen LogP) is 2.28. The molecule has 1 rings (SSSR count). The van der Waals surface area contributed by atoms with Crippen LogP contribution < -0.4 is 16.8 Å². The lowest BCUT2D eigenvalue weighted by Crippen LogP contribution is -2.30. The Morgan fingerprint density at radius 2 is 1.32 bits per heavy atom. The molecule has 9 nitrogen and oxygen atoms in total. The lowest BCUT2D eigenvalue weighted by molar-refractivity contribution is -0.139. The number of anilines is 1. The highest BCUT2D eigenvalue weighted by Gasteiger charge is 2.16. The quantitative estimate of drug-likeness (QED) is 0.155. The number of carboxylic acid groups (broad SMARTS) is 3. The first kappa shape index (κ1) is 29.4. The maximum atomic E-state index is 10.9. The maximum absolute atomic E-state index is 10.9. The van der Waals surface area contributed by atoms with Gasteiger partial charge in [-0.05, 0) is 43.4 Å². The van der Waals surface area contributed by atoms with E-state index in [-0.39, 0.29) is 0 Å². The van der Waals surface area contributed by atoms with Crippen LogP contribution in [0.5, 0.6) is 0 Å². The van der Waals surface area contributed by atoms with Gasteiger partial charge < -0.3 is 32.1 Å². The Labute approximate surface area is 194 Å². The van der Waals surface area contributed by atoms with Gasteiger partial charge in [-0.1, -0.05) is 39.8 Å². The molecule has 0 heterocycles. The van der Waals surface area contributed by atoms with Crippen molar-refractivity contribution in [2.75, 3.05) is 28.8 Å². The van der Waals surface area contributed by atoms with Crippen LogP contribution in [-0.4, -0.2) is 74.9 Å². The highest BCUT2D eigenvalue weighted by molar-refractivity contribution is 8.76. The van der Waals surface area contributed by atoms with Gasteiger partial charge in [-0.25, -0.2) is 4.79 Å². The third kappa shape index (κ3) is 15.8. The Morgan fingerprint density at radius 3 is 1.71 bits per heavy atom. The number of thioether (sulfide) groups is 1. The first-order chi connectivity index (χ1) is 14.7. The molecule has 176 valence electrons. The second-order valence-electron chi connectivity index (χ2n) is 6.29. The monoisotopic (exact) mass is 493 g/mol. The molecule has 0 bridgehead atoms. The van der Waals surface area contributed by atoms with Crippen LogP contribution in [0.4, 0.5) is 5.69 Å². The summed E-state index contributed by atoms with van der Waals surface area (Å²) in [5.74, 6) is -0.706. The van der Waals surface area contributed by atoms with Crippen molar-refractivity contribution in [2.24, 2.45) is 11.5 Å². The third-order valence-electron chi connectivity index (χ3n) is 3.77. The van der Waals surface area contributed by atoms with Crippen molar-refractivity contribution in [3.8, 4) is 0 Å². The number of carboxylic acids is 3. The van der Waals surface area contributed by atoms with Crippen LogP contribution in [0.1, 0.15) is 19.3 Å². The molecule has 0 amide bonds. The first-order valence-corrected chi connectivity index (χ1v) is 13.3. The summed E-state index contributed by atoms with van der Waals surface area (Å²) in [5.41, 5.74) is 11.5. The fraction of sp³-hybridized carbons (Fsp3) is 0.526. The molecular formula is C19H31N3O6S3. The summed E-state index contributed by atoms with van der Waals surface area (Å²) in [6.07, 6.45) is 3.41. The predicted molar refractivity (Wildman–Crippen MR) is 130 cm³/mol. The van der Waals surface area contributed by atoms with E-state index in [9.17, 15) is 14.4 Å². The lowest BCUT2D eigenvalue weighted by atomic mass is 10.2. The number of rotatable bonds is 15. The third-order valence-corrected chi connectivity index (χ3v) is 6.88. The molecule has 0 fully saturated rings. The van der Waals surface area contributed by atoms with E-state index in [1.54, 1.807) is 11.8 Å². The number of hydrogen-bond acceptors (Lipinski definition) is 9. The second kappa shape index (κ2) is 18.0. The van der Waals surface area contributed by atoms with E-state index >= 15 is 0 Å². The zero-order chi connectivity index (χ0) is 23.6. The molecule has 0 saturated heterocycles. The fourth-order valence-corrected chi connectivity index (χ4v) is 4.64. The number of nitrogens with one attached hydrogen (secondary N) is 1. The highest BCUT2D eigenvalue weighted by Crippen LogP contribution is 2.23. The number of carbonyl (C=O) groups is 3. The van der Waals surface area contributed by atoms with E-state index in [1.807, 2.05) is 36.6 Å². The normalized spacial score (nSPS) is 13.3. The summed E-state index contributed by atoms with van der Waals surface area (Å²) in [7, 11) is 2.96. The number of benzene rings is 1. The Bertz CT molecular complexity index is 630. The van der Waals surface area contributed by atoms with Gasteiger partial charge >= 0.3 is 17.9 Å². The number of hydrogen-bond donors (Lipinski definition) is 6. The molecule has 1 unspecified atom stereocenters. The zero-order valence-electron chi connectivity index (χ0n) is 17.3. The topological polar surface area (TPSA) is 176 Å². The molecule has 0 aromatic heterocycles. The average molecular weight is 494 g/mol. The minimum atomic E-state index is -1.00. The summed E-state index contributed by atoms with van der Waals surface area (Å²) in [6.45, 7) is 0. The standard InChI is InChI=1S/C11H15NO2S.C8H16N2O4S2/c1-15-8-7-10(11(13)14)12-9-5-3-2-4-6-9;9-5(7(11)12)1-3-15-16-4-2-6(10)8(13)14/h2-6,10,12H,7-8H2,1H3,(H,13,14);5-6H,1-4,9-10H2,(H,11,12)(H,13,14)/t10-;5-,6?/m00/s1. The summed E-state index contributed by atoms with van der Waals surface area (Å²) in [4.78, 5) is 31.7. The van der Waals surface area contributed by atoms with E-state index in [0.29, 0.717) is 30.8 Å². The van der Waals surface area contributed by atoms with Gasteiger partial charge in [0.15, 0.2) is 0 Å². The van der Waals surface area contributed by atoms with E-state index in [4.69, 9.17) is 26.8 Å². The average Bonchev–Trinajstić information content (AvgIpc) is 2.74. The van der Waals surface area contributed by atoms with Crippen molar-refractivity contribution in [3.05, 3.63) is 30.3 Å². The number of aliphatic carboxylic acids is 3. The Hall–Kier alpha value is -1.60. The van der Waals surface area contributed by atoms with Crippen LogP contribution in [-0.2, 0) is 14.4 Å². The second-order valence-corrected chi connectivity index (χ2v) is 9.98. The highest BCUT2D eigenvalue weighted by atomic mass is 33.1. The molecule has 0 saturated carbocycles. The van der Waals surface area contributed by atoms with E-state index in [0.717, 1.165) is 11.4 Å². The summed E-state index contributed by atoms with van der Waals surface area (Å²) in [6, 6.07) is 7.27. The molecule has 0 spiro atoms. The van der Waals surface area contributed by atoms with Gasteiger partial charge in [-0.3, -0.25) is 9.59 Å². The largest absolute Gasteiger partial charge is 0.480 e. The molecule has 8 N–H and O–H groups in total. The van der Waals surface area contributed by atoms with Crippen molar-refractivity contribution < 1.29 is 29.7 Å². The molecule has 1 aromatic rings. The lowest BCUT2D eigenvalue weighted by Gasteiger charge is -2.14. The van der Waals surface area contributed by atoms with Crippen LogP contribution in [0, 0.1) is 0 Å². The molecule has 1 aromatic carbocycles. The molecule has 12 heteroatoms. The maximum Gasteiger partial charge on any atom is 0.326 e. The minimum Gasteiger partial charge on any atom is -0.480 e. The van der Waals surface area contributed by atoms with Gasteiger partial charge in [0.2, 0.25) is 0 Å². The van der Waals surface area contributed by atoms with Gasteiger partial charge in [0, 0.05) is 17.2 Å². The fourth-order valence-electron chi connectivity index (χ4n) is 1.94.